The van der Waals surface area contributed by atoms with Gasteiger partial charge in [-0.1, -0.05) is 13.3 Å². The molecule has 1 aliphatic carbocycles. The number of piperidine rings is 1. The van der Waals surface area contributed by atoms with Crippen LogP contribution in [-0.4, -0.2) is 50.8 Å². The van der Waals surface area contributed by atoms with Crippen LogP contribution in [-0.2, 0) is 6.54 Å². The van der Waals surface area contributed by atoms with Gasteiger partial charge in [-0.05, 0) is 49.2 Å². The van der Waals surface area contributed by atoms with Crippen molar-refractivity contribution in [3.8, 4) is 0 Å². The molecule has 6 nitrogen and oxygen atoms in total. The van der Waals surface area contributed by atoms with E-state index in [1.807, 2.05) is 4.68 Å². The first-order valence-electron chi connectivity index (χ1n) is 7.59. The first-order chi connectivity index (χ1) is 9.36. The van der Waals surface area contributed by atoms with Crippen LogP contribution in [0, 0.1) is 0 Å². The molecule has 0 radical (unpaired) electrons. The Morgan fingerprint density at radius 3 is 2.89 bits per heavy atom. The molecular weight excluding hydrogens is 240 g/mol. The minimum Gasteiger partial charge on any atom is -0.313 e. The van der Waals surface area contributed by atoms with Gasteiger partial charge in [-0.3, -0.25) is 4.90 Å². The predicted molar refractivity (Wildman–Crippen MR) is 72.7 cm³/mol. The average molecular weight is 264 g/mol. The van der Waals surface area contributed by atoms with Crippen LogP contribution in [0.25, 0.3) is 0 Å². The number of nitrogens with one attached hydrogen (secondary N) is 1. The monoisotopic (exact) mass is 264 g/mol. The van der Waals surface area contributed by atoms with Gasteiger partial charge in [0.2, 0.25) is 0 Å². The van der Waals surface area contributed by atoms with Gasteiger partial charge >= 0.3 is 0 Å². The predicted octanol–water partition coefficient (Wildman–Crippen LogP) is 0.972. The van der Waals surface area contributed by atoms with Crippen molar-refractivity contribution in [2.45, 2.75) is 57.7 Å². The molecule has 106 valence electrons. The highest BCUT2D eigenvalue weighted by Crippen LogP contribution is 2.34. The van der Waals surface area contributed by atoms with Gasteiger partial charge in [-0.25, -0.2) is 4.68 Å². The average Bonchev–Trinajstić information content (AvgIpc) is 3.19. The highest BCUT2D eigenvalue weighted by Gasteiger charge is 2.28. The molecule has 2 fully saturated rings. The van der Waals surface area contributed by atoms with Crippen LogP contribution in [0.5, 0.6) is 0 Å². The minimum absolute atomic E-state index is 0.566. The molecule has 1 saturated carbocycles. The maximum Gasteiger partial charge on any atom is 0.165 e. The quantitative estimate of drug-likeness (QED) is 0.829. The Hall–Kier alpha value is -1.01. The molecule has 1 aliphatic heterocycles. The van der Waals surface area contributed by atoms with Crippen LogP contribution in [0.3, 0.4) is 0 Å². The van der Waals surface area contributed by atoms with Crippen LogP contribution in [0.2, 0.25) is 0 Å². The zero-order valence-electron chi connectivity index (χ0n) is 11.8. The van der Waals surface area contributed by atoms with Gasteiger partial charge in [0, 0.05) is 12.6 Å². The van der Waals surface area contributed by atoms with Gasteiger partial charge in [0.15, 0.2) is 5.82 Å². The second-order valence-electron chi connectivity index (χ2n) is 5.75. The zero-order chi connectivity index (χ0) is 13.1. The van der Waals surface area contributed by atoms with E-state index in [2.05, 4.69) is 32.7 Å². The van der Waals surface area contributed by atoms with E-state index in [1.54, 1.807) is 0 Å². The van der Waals surface area contributed by atoms with Gasteiger partial charge in [-0.15, -0.1) is 5.10 Å². The van der Waals surface area contributed by atoms with E-state index < -0.39 is 0 Å². The summed E-state index contributed by atoms with van der Waals surface area (Å²) in [6.07, 6.45) is 6.43. The number of hydrogen-bond acceptors (Lipinski definition) is 5. The fourth-order valence-corrected chi connectivity index (χ4v) is 2.82. The topological polar surface area (TPSA) is 58.9 Å². The third-order valence-electron chi connectivity index (χ3n) is 4.16. The largest absolute Gasteiger partial charge is 0.313 e. The van der Waals surface area contributed by atoms with Crippen molar-refractivity contribution >= 4 is 0 Å². The molecular formula is C13H24N6. The number of likely N-dealkylation sites (N-methyl/N-ethyl adjacent to an activating group) is 1. The van der Waals surface area contributed by atoms with Gasteiger partial charge in [0.25, 0.3) is 0 Å². The summed E-state index contributed by atoms with van der Waals surface area (Å²) in [7, 11) is 0. The molecule has 2 aliphatic rings. The molecule has 1 aromatic rings. The van der Waals surface area contributed by atoms with Crippen molar-refractivity contribution in [2.75, 3.05) is 19.6 Å². The van der Waals surface area contributed by atoms with Crippen molar-refractivity contribution in [2.24, 2.45) is 0 Å². The smallest absolute Gasteiger partial charge is 0.165 e. The number of tetrazole rings is 1. The highest BCUT2D eigenvalue weighted by atomic mass is 15.6. The Bertz CT molecular complexity index is 394. The summed E-state index contributed by atoms with van der Waals surface area (Å²) >= 11 is 0. The maximum atomic E-state index is 4.20. The van der Waals surface area contributed by atoms with Crippen LogP contribution in [0.1, 0.15) is 50.9 Å². The Labute approximate surface area is 114 Å². The lowest BCUT2D eigenvalue weighted by Gasteiger charge is -2.29. The summed E-state index contributed by atoms with van der Waals surface area (Å²) in [6.45, 7) is 6.41. The van der Waals surface area contributed by atoms with Gasteiger partial charge in [0.05, 0.1) is 12.6 Å². The van der Waals surface area contributed by atoms with E-state index in [1.165, 1.54) is 38.6 Å². The van der Waals surface area contributed by atoms with Crippen LogP contribution < -0.4 is 5.32 Å². The summed E-state index contributed by atoms with van der Waals surface area (Å²) in [5.41, 5.74) is 0. The summed E-state index contributed by atoms with van der Waals surface area (Å²) in [5, 5.41) is 15.8. The van der Waals surface area contributed by atoms with Crippen LogP contribution in [0.15, 0.2) is 0 Å². The van der Waals surface area contributed by atoms with Crippen molar-refractivity contribution in [3.63, 3.8) is 0 Å². The number of rotatable bonds is 6. The van der Waals surface area contributed by atoms with E-state index in [0.29, 0.717) is 12.1 Å². The van der Waals surface area contributed by atoms with Crippen LogP contribution >= 0.6 is 0 Å². The first kappa shape index (κ1) is 13.0. The molecule has 0 bridgehead atoms. The first-order valence-corrected chi connectivity index (χ1v) is 7.59. The molecule has 3 rings (SSSR count). The maximum absolute atomic E-state index is 4.20. The molecule has 1 unspecified atom stereocenters. The summed E-state index contributed by atoms with van der Waals surface area (Å²) in [5.74, 6) is 1.03. The van der Waals surface area contributed by atoms with Crippen molar-refractivity contribution in [1.29, 1.82) is 0 Å². The van der Waals surface area contributed by atoms with Crippen molar-refractivity contribution < 1.29 is 0 Å². The summed E-state index contributed by atoms with van der Waals surface area (Å²) in [4.78, 5) is 2.45. The lowest BCUT2D eigenvalue weighted by atomic mass is 10.0. The normalized spacial score (nSPS) is 24.0. The van der Waals surface area contributed by atoms with Gasteiger partial charge in [-0.2, -0.15) is 0 Å². The third kappa shape index (κ3) is 3.30. The Balaban J connectivity index is 1.57. The lowest BCUT2D eigenvalue weighted by molar-refractivity contribution is 0.218. The molecule has 1 atom stereocenters. The molecule has 1 N–H and O–H groups in total. The number of hydrogen-bond donors (Lipinski definition) is 1. The molecule has 6 heteroatoms. The van der Waals surface area contributed by atoms with E-state index >= 15 is 0 Å². The van der Waals surface area contributed by atoms with Gasteiger partial charge < -0.3 is 5.32 Å². The minimum atomic E-state index is 0.566. The second-order valence-corrected chi connectivity index (χ2v) is 5.75. The summed E-state index contributed by atoms with van der Waals surface area (Å²) < 4.78 is 2.02. The molecule has 1 saturated heterocycles. The van der Waals surface area contributed by atoms with Crippen LogP contribution in [0.4, 0.5) is 0 Å². The molecule has 19 heavy (non-hydrogen) atoms. The molecule has 2 heterocycles. The molecule has 0 spiro atoms. The summed E-state index contributed by atoms with van der Waals surface area (Å²) in [6, 6.07) is 1.20. The standard InChI is InChI=1S/C13H24N6/c1-2-18(9-11-5-3-4-8-14-11)10-13-15-16-17-19(13)12-6-7-12/h11-12,14H,2-10H2,1H3. The lowest BCUT2D eigenvalue weighted by Crippen LogP contribution is -2.43. The fraction of sp³-hybridized carbons (Fsp3) is 0.923. The van der Waals surface area contributed by atoms with E-state index in [4.69, 9.17) is 0 Å². The SMILES string of the molecule is CCN(Cc1nnnn1C1CC1)CC1CCCCN1. The van der Waals surface area contributed by atoms with E-state index in [0.717, 1.165) is 25.5 Å². The zero-order valence-corrected chi connectivity index (χ0v) is 11.8. The number of aromatic nitrogens is 4. The third-order valence-corrected chi connectivity index (χ3v) is 4.16. The molecule has 1 aromatic heterocycles. The van der Waals surface area contributed by atoms with Gasteiger partial charge in [0.1, 0.15) is 0 Å². The van der Waals surface area contributed by atoms with Crippen molar-refractivity contribution in [3.05, 3.63) is 5.82 Å². The number of nitrogens with zero attached hydrogens (tertiary/aromatic N) is 5. The Morgan fingerprint density at radius 1 is 1.32 bits per heavy atom. The second kappa shape index (κ2) is 5.96. The van der Waals surface area contributed by atoms with E-state index in [-0.39, 0.29) is 0 Å². The fourth-order valence-electron chi connectivity index (χ4n) is 2.82. The van der Waals surface area contributed by atoms with Crippen molar-refractivity contribution in [1.82, 2.24) is 30.4 Å². The molecule has 0 amide bonds. The van der Waals surface area contributed by atoms with E-state index in [9.17, 15) is 0 Å². The Kier molecular flexibility index (Phi) is 4.08. The Morgan fingerprint density at radius 2 is 2.21 bits per heavy atom. The molecule has 0 aromatic carbocycles. The highest BCUT2D eigenvalue weighted by molar-refractivity contribution is 4.91.